The van der Waals surface area contributed by atoms with Gasteiger partial charge in [-0.25, -0.2) is 0 Å². The molecule has 0 bridgehead atoms. The highest BCUT2D eigenvalue weighted by atomic mass is 15.2. The first-order chi connectivity index (χ1) is 18.2. The molecule has 0 fully saturated rings. The van der Waals surface area contributed by atoms with Crippen LogP contribution in [-0.4, -0.2) is 23.4 Å². The first-order valence-electron chi connectivity index (χ1n) is 13.9. The van der Waals surface area contributed by atoms with Crippen LogP contribution in [0.4, 0.5) is 11.4 Å². The van der Waals surface area contributed by atoms with Crippen molar-refractivity contribution < 1.29 is 4.58 Å². The van der Waals surface area contributed by atoms with Crippen LogP contribution in [-0.2, 0) is 10.8 Å². The minimum Gasteiger partial charge on any atom is -0.344 e. The summed E-state index contributed by atoms with van der Waals surface area (Å²) in [7, 11) is 0. The SMILES string of the molecule is C=CCCN1C(=CC=CC2=[N+](CCC=C)c3ccc4ccccc4c3C2(C)C)C(C)(C)c2cc(C)ccc21. The molecule has 0 radical (unpaired) electrons. The van der Waals surface area contributed by atoms with Crippen molar-refractivity contribution in [3.8, 4) is 0 Å². The molecule has 194 valence electrons. The largest absolute Gasteiger partial charge is 0.344 e. The van der Waals surface area contributed by atoms with Crippen molar-refractivity contribution in [3.05, 3.63) is 121 Å². The summed E-state index contributed by atoms with van der Waals surface area (Å²) in [6.45, 7) is 21.5. The van der Waals surface area contributed by atoms with E-state index in [2.05, 4.69) is 130 Å². The number of benzene rings is 3. The molecule has 0 atom stereocenters. The Bertz CT molecular complexity index is 1510. The van der Waals surface area contributed by atoms with Gasteiger partial charge in [-0.3, -0.25) is 0 Å². The zero-order chi connectivity index (χ0) is 27.1. The van der Waals surface area contributed by atoms with Gasteiger partial charge in [-0.2, -0.15) is 4.58 Å². The third kappa shape index (κ3) is 4.17. The van der Waals surface area contributed by atoms with Gasteiger partial charge in [-0.1, -0.05) is 74.0 Å². The summed E-state index contributed by atoms with van der Waals surface area (Å²) >= 11 is 0. The second kappa shape index (κ2) is 9.91. The van der Waals surface area contributed by atoms with Gasteiger partial charge in [-0.05, 0) is 61.7 Å². The number of hydrogen-bond donors (Lipinski definition) is 0. The highest BCUT2D eigenvalue weighted by Crippen LogP contribution is 2.48. The fourth-order valence-corrected chi connectivity index (χ4v) is 6.48. The fraction of sp³-hybridized carbons (Fsp3) is 0.306. The van der Waals surface area contributed by atoms with E-state index in [9.17, 15) is 0 Å². The minimum absolute atomic E-state index is 0.0651. The lowest BCUT2D eigenvalue weighted by Gasteiger charge is -2.26. The Kier molecular flexibility index (Phi) is 6.77. The van der Waals surface area contributed by atoms with Crippen LogP contribution in [0.5, 0.6) is 0 Å². The van der Waals surface area contributed by atoms with Crippen LogP contribution < -0.4 is 4.90 Å². The Morgan fingerprint density at radius 1 is 0.895 bits per heavy atom. The fourth-order valence-electron chi connectivity index (χ4n) is 6.48. The molecule has 2 heteroatoms. The topological polar surface area (TPSA) is 6.25 Å². The maximum absolute atomic E-state index is 4.00. The Morgan fingerprint density at radius 3 is 2.42 bits per heavy atom. The summed E-state index contributed by atoms with van der Waals surface area (Å²) in [5, 5.41) is 2.65. The van der Waals surface area contributed by atoms with Gasteiger partial charge in [0.15, 0.2) is 12.3 Å². The van der Waals surface area contributed by atoms with E-state index < -0.39 is 0 Å². The highest BCUT2D eigenvalue weighted by Gasteiger charge is 2.45. The molecule has 0 saturated carbocycles. The number of aryl methyl sites for hydroxylation is 1. The lowest BCUT2D eigenvalue weighted by Crippen LogP contribution is -2.28. The summed E-state index contributed by atoms with van der Waals surface area (Å²) in [4.78, 5) is 2.49. The zero-order valence-corrected chi connectivity index (χ0v) is 23.7. The molecule has 0 aliphatic carbocycles. The molecule has 0 spiro atoms. The van der Waals surface area contributed by atoms with Crippen LogP contribution in [0.25, 0.3) is 10.8 Å². The Balaban J connectivity index is 1.60. The van der Waals surface area contributed by atoms with Crippen LogP contribution >= 0.6 is 0 Å². The van der Waals surface area contributed by atoms with Crippen LogP contribution in [0.1, 0.15) is 57.2 Å². The van der Waals surface area contributed by atoms with Crippen LogP contribution in [0.15, 0.2) is 104 Å². The minimum atomic E-state index is -0.111. The van der Waals surface area contributed by atoms with E-state index in [1.54, 1.807) is 0 Å². The van der Waals surface area contributed by atoms with Crippen molar-refractivity contribution in [2.24, 2.45) is 0 Å². The van der Waals surface area contributed by atoms with Gasteiger partial charge in [0.2, 0.25) is 5.69 Å². The predicted octanol–water partition coefficient (Wildman–Crippen LogP) is 8.91. The van der Waals surface area contributed by atoms with Crippen LogP contribution in [0.2, 0.25) is 0 Å². The predicted molar refractivity (Wildman–Crippen MR) is 165 cm³/mol. The number of hydrogen-bond acceptors (Lipinski definition) is 1. The average molecular weight is 502 g/mol. The summed E-state index contributed by atoms with van der Waals surface area (Å²) in [5.41, 5.74) is 9.28. The number of rotatable bonds is 8. The molecule has 3 aromatic carbocycles. The van der Waals surface area contributed by atoms with Crippen LogP contribution in [0.3, 0.4) is 0 Å². The highest BCUT2D eigenvalue weighted by molar-refractivity contribution is 6.07. The van der Waals surface area contributed by atoms with Crippen molar-refractivity contribution in [1.29, 1.82) is 0 Å². The number of anilines is 1. The summed E-state index contributed by atoms with van der Waals surface area (Å²) in [6, 6.07) is 20.2. The third-order valence-corrected chi connectivity index (χ3v) is 8.42. The zero-order valence-electron chi connectivity index (χ0n) is 23.7. The average Bonchev–Trinajstić information content (AvgIpc) is 3.24. The van der Waals surface area contributed by atoms with Gasteiger partial charge >= 0.3 is 0 Å². The van der Waals surface area contributed by atoms with E-state index in [0.717, 1.165) is 25.9 Å². The first-order valence-corrected chi connectivity index (χ1v) is 13.9. The van der Waals surface area contributed by atoms with Gasteiger partial charge in [0.1, 0.15) is 0 Å². The molecule has 2 aliphatic rings. The monoisotopic (exact) mass is 501 g/mol. The van der Waals surface area contributed by atoms with E-state index in [-0.39, 0.29) is 10.8 Å². The van der Waals surface area contributed by atoms with E-state index in [4.69, 9.17) is 0 Å². The first kappa shape index (κ1) is 26.0. The van der Waals surface area contributed by atoms with Crippen LogP contribution in [0, 0.1) is 6.92 Å². The summed E-state index contributed by atoms with van der Waals surface area (Å²) in [6.07, 6.45) is 12.9. The van der Waals surface area contributed by atoms with Crippen molar-refractivity contribution in [1.82, 2.24) is 0 Å². The molecular formula is C36H41N2+. The smallest absolute Gasteiger partial charge is 0.210 e. The number of allylic oxidation sites excluding steroid dienone is 4. The van der Waals surface area contributed by atoms with Gasteiger partial charge < -0.3 is 4.90 Å². The van der Waals surface area contributed by atoms with Gasteiger partial charge in [-0.15, -0.1) is 13.2 Å². The van der Waals surface area contributed by atoms with E-state index in [1.807, 2.05) is 12.2 Å². The third-order valence-electron chi connectivity index (χ3n) is 8.42. The lowest BCUT2D eigenvalue weighted by molar-refractivity contribution is -0.436. The van der Waals surface area contributed by atoms with E-state index in [0.29, 0.717) is 0 Å². The van der Waals surface area contributed by atoms with Gasteiger partial charge in [0, 0.05) is 47.5 Å². The Morgan fingerprint density at radius 2 is 1.66 bits per heavy atom. The van der Waals surface area contributed by atoms with Crippen molar-refractivity contribution in [3.63, 3.8) is 0 Å². The second-order valence-corrected chi connectivity index (χ2v) is 11.7. The summed E-state index contributed by atoms with van der Waals surface area (Å²) in [5.74, 6) is 0. The van der Waals surface area contributed by atoms with Gasteiger partial charge in [0.25, 0.3) is 0 Å². The molecule has 0 aromatic heterocycles. The molecular weight excluding hydrogens is 460 g/mol. The lowest BCUT2D eigenvalue weighted by atomic mass is 9.79. The Hall–Kier alpha value is -3.65. The molecule has 2 heterocycles. The molecule has 3 aromatic rings. The second-order valence-electron chi connectivity index (χ2n) is 11.7. The normalized spacial score (nSPS) is 18.4. The molecule has 2 nitrogen and oxygen atoms in total. The Labute approximate surface area is 229 Å². The molecule has 0 N–H and O–H groups in total. The quantitative estimate of drug-likeness (QED) is 0.221. The molecule has 2 aliphatic heterocycles. The maximum atomic E-state index is 4.00. The maximum Gasteiger partial charge on any atom is 0.210 e. The van der Waals surface area contributed by atoms with Crippen molar-refractivity contribution in [2.75, 3.05) is 18.0 Å². The van der Waals surface area contributed by atoms with E-state index >= 15 is 0 Å². The molecule has 5 rings (SSSR count). The number of nitrogens with zero attached hydrogens (tertiary/aromatic N) is 2. The molecule has 0 amide bonds. The molecule has 38 heavy (non-hydrogen) atoms. The van der Waals surface area contributed by atoms with Crippen molar-refractivity contribution >= 4 is 27.9 Å². The summed E-state index contributed by atoms with van der Waals surface area (Å²) < 4.78 is 2.51. The molecule has 0 saturated heterocycles. The standard InChI is InChI=1S/C36H41N2/c1-8-10-23-37-30-21-19-26(3)25-29(30)35(4,5)32(37)17-14-18-33-36(6,7)34-28-16-13-12-15-27(28)20-22-31(34)38(33)24-11-9-2/h8-9,12-22,25H,1-2,10-11,23-24H2,3-7H3/q+1. The molecule has 0 unspecified atom stereocenters. The van der Waals surface area contributed by atoms with Gasteiger partial charge in [0.05, 0.1) is 5.41 Å². The van der Waals surface area contributed by atoms with E-state index in [1.165, 1.54) is 50.2 Å². The number of fused-ring (bicyclic) bond motifs is 4. The van der Waals surface area contributed by atoms with Crippen molar-refractivity contribution in [2.45, 2.75) is 58.3 Å².